The van der Waals surface area contributed by atoms with Crippen LogP contribution < -0.4 is 5.32 Å². The second kappa shape index (κ2) is 8.31. The van der Waals surface area contributed by atoms with E-state index < -0.39 is 4.92 Å². The summed E-state index contributed by atoms with van der Waals surface area (Å²) < 4.78 is 3.65. The van der Waals surface area contributed by atoms with Crippen molar-refractivity contribution in [2.45, 2.75) is 19.5 Å². The molecule has 0 atom stereocenters. The molecule has 0 unspecified atom stereocenters. The number of rotatable bonds is 7. The highest BCUT2D eigenvalue weighted by Crippen LogP contribution is 2.22. The van der Waals surface area contributed by atoms with E-state index in [0.717, 1.165) is 5.56 Å². The lowest BCUT2D eigenvalue weighted by atomic mass is 10.2. The Hall–Kier alpha value is -2.72. The molecule has 11 heteroatoms. The van der Waals surface area contributed by atoms with Gasteiger partial charge in [-0.1, -0.05) is 29.8 Å². The number of aryl methyl sites for hydroxylation is 1. The number of anilines is 1. The molecule has 140 valence electrons. The van der Waals surface area contributed by atoms with Gasteiger partial charge < -0.3 is 15.4 Å². The smallest absolute Gasteiger partial charge is 0.358 e. The Morgan fingerprint density at radius 2 is 2.04 bits per heavy atom. The Morgan fingerprint density at radius 3 is 2.74 bits per heavy atom. The van der Waals surface area contributed by atoms with Crippen molar-refractivity contribution in [1.82, 2.24) is 19.6 Å². The first-order valence-corrected chi connectivity index (χ1v) is 9.03. The summed E-state index contributed by atoms with van der Waals surface area (Å²) in [5.74, 6) is -0.146. The molecule has 27 heavy (non-hydrogen) atoms. The van der Waals surface area contributed by atoms with Crippen molar-refractivity contribution in [1.29, 1.82) is 0 Å². The number of hydrogen-bond donors (Lipinski definition) is 1. The topological polar surface area (TPSA) is 108 Å². The minimum Gasteiger partial charge on any atom is -0.358 e. The second-order valence-electron chi connectivity index (χ2n) is 5.61. The largest absolute Gasteiger partial charge is 0.389 e. The number of halogens is 2. The molecule has 1 aromatic carbocycles. The lowest BCUT2D eigenvalue weighted by Gasteiger charge is -2.04. The number of nitro groups is 1. The molecule has 0 aliphatic rings. The van der Waals surface area contributed by atoms with Crippen LogP contribution in [0.15, 0.2) is 47.2 Å². The van der Waals surface area contributed by atoms with Crippen molar-refractivity contribution < 1.29 is 9.72 Å². The molecule has 9 nitrogen and oxygen atoms in total. The predicted molar refractivity (Wildman–Crippen MR) is 103 cm³/mol. The standard InChI is InChI=1S/C16H14BrClN6O3/c17-12-10-23(9-11-3-1-2-4-13(11)18)21-16(12)19-15(25)6-8-22-7-5-14(20-22)24(26)27/h1-5,7,10H,6,8-9H2,(H,19,21,25). The van der Waals surface area contributed by atoms with Crippen LogP contribution in [-0.2, 0) is 17.9 Å². The van der Waals surface area contributed by atoms with Crippen LogP contribution in [0.5, 0.6) is 0 Å². The van der Waals surface area contributed by atoms with Crippen molar-refractivity contribution in [2.24, 2.45) is 0 Å². The monoisotopic (exact) mass is 452 g/mol. The fourth-order valence-electron chi connectivity index (χ4n) is 2.35. The maximum absolute atomic E-state index is 12.1. The van der Waals surface area contributed by atoms with Gasteiger partial charge in [0.15, 0.2) is 5.82 Å². The van der Waals surface area contributed by atoms with E-state index >= 15 is 0 Å². The van der Waals surface area contributed by atoms with Crippen molar-refractivity contribution in [3.05, 3.63) is 67.9 Å². The normalized spacial score (nSPS) is 10.7. The van der Waals surface area contributed by atoms with E-state index in [0.29, 0.717) is 21.9 Å². The van der Waals surface area contributed by atoms with Crippen LogP contribution in [0.1, 0.15) is 12.0 Å². The van der Waals surface area contributed by atoms with Gasteiger partial charge in [0.25, 0.3) is 0 Å². The third-order valence-corrected chi connectivity index (χ3v) is 4.60. The zero-order chi connectivity index (χ0) is 19.4. The molecular weight excluding hydrogens is 440 g/mol. The molecule has 0 radical (unpaired) electrons. The van der Waals surface area contributed by atoms with Crippen molar-refractivity contribution in [2.75, 3.05) is 5.32 Å². The van der Waals surface area contributed by atoms with Gasteiger partial charge in [0, 0.05) is 17.6 Å². The third kappa shape index (κ3) is 4.92. The van der Waals surface area contributed by atoms with E-state index in [9.17, 15) is 14.9 Å². The van der Waals surface area contributed by atoms with E-state index in [4.69, 9.17) is 11.6 Å². The Balaban J connectivity index is 1.58. The van der Waals surface area contributed by atoms with Crippen LogP contribution in [-0.4, -0.2) is 30.4 Å². The molecule has 1 amide bonds. The second-order valence-corrected chi connectivity index (χ2v) is 6.87. The minimum absolute atomic E-state index is 0.0998. The zero-order valence-corrected chi connectivity index (χ0v) is 16.2. The minimum atomic E-state index is -0.584. The van der Waals surface area contributed by atoms with Crippen LogP contribution in [0.2, 0.25) is 5.02 Å². The van der Waals surface area contributed by atoms with E-state index in [-0.39, 0.29) is 24.7 Å². The SMILES string of the molecule is O=C(CCn1ccc([N+](=O)[O-])n1)Nc1nn(Cc2ccccc2Cl)cc1Br. The highest BCUT2D eigenvalue weighted by Gasteiger charge is 2.14. The molecule has 3 aromatic rings. The first kappa shape index (κ1) is 19.1. The summed E-state index contributed by atoms with van der Waals surface area (Å²) in [7, 11) is 0. The average molecular weight is 454 g/mol. The number of carbonyl (C=O) groups is 1. The summed E-state index contributed by atoms with van der Waals surface area (Å²) in [6.07, 6.45) is 3.30. The van der Waals surface area contributed by atoms with Crippen LogP contribution in [0.3, 0.4) is 0 Å². The molecule has 0 saturated heterocycles. The van der Waals surface area contributed by atoms with Gasteiger partial charge in [0.2, 0.25) is 5.91 Å². The summed E-state index contributed by atoms with van der Waals surface area (Å²) in [6, 6.07) is 8.73. The van der Waals surface area contributed by atoms with Gasteiger partial charge in [0.1, 0.15) is 0 Å². The zero-order valence-electron chi connectivity index (χ0n) is 13.9. The highest BCUT2D eigenvalue weighted by molar-refractivity contribution is 9.10. The quantitative estimate of drug-likeness (QED) is 0.435. The van der Waals surface area contributed by atoms with Gasteiger partial charge in [-0.3, -0.25) is 9.48 Å². The Labute approximate surface area is 167 Å². The first-order valence-electron chi connectivity index (χ1n) is 7.86. The predicted octanol–water partition coefficient (Wildman–Crippen LogP) is 3.48. The van der Waals surface area contributed by atoms with Gasteiger partial charge in [0.05, 0.1) is 34.9 Å². The van der Waals surface area contributed by atoms with Gasteiger partial charge in [-0.25, -0.2) is 0 Å². The van der Waals surface area contributed by atoms with Gasteiger partial charge in [-0.2, -0.15) is 9.78 Å². The summed E-state index contributed by atoms with van der Waals surface area (Å²) in [5, 5.41) is 22.1. The lowest BCUT2D eigenvalue weighted by Crippen LogP contribution is -2.15. The van der Waals surface area contributed by atoms with Gasteiger partial charge in [-0.15, -0.1) is 0 Å². The summed E-state index contributed by atoms with van der Waals surface area (Å²) >= 11 is 9.52. The van der Waals surface area contributed by atoms with Crippen LogP contribution in [0.4, 0.5) is 11.6 Å². The number of nitrogens with zero attached hydrogens (tertiary/aromatic N) is 5. The molecular formula is C16H14BrClN6O3. The number of carbonyl (C=O) groups excluding carboxylic acids is 1. The van der Waals surface area contributed by atoms with Crippen molar-refractivity contribution >= 4 is 45.1 Å². The molecule has 0 saturated carbocycles. The molecule has 0 spiro atoms. The van der Waals surface area contributed by atoms with Crippen LogP contribution in [0, 0.1) is 10.1 Å². The van der Waals surface area contributed by atoms with Crippen LogP contribution >= 0.6 is 27.5 Å². The summed E-state index contributed by atoms with van der Waals surface area (Å²) in [6.45, 7) is 0.683. The fraction of sp³-hybridized carbons (Fsp3) is 0.188. The molecule has 2 aromatic heterocycles. The first-order chi connectivity index (χ1) is 12.9. The number of nitrogens with one attached hydrogen (secondary N) is 1. The van der Waals surface area contributed by atoms with E-state index in [1.54, 1.807) is 16.9 Å². The molecule has 0 aliphatic carbocycles. The third-order valence-electron chi connectivity index (χ3n) is 3.65. The Morgan fingerprint density at radius 1 is 1.26 bits per heavy atom. The van der Waals surface area contributed by atoms with Gasteiger partial charge in [-0.05, 0) is 32.5 Å². The average Bonchev–Trinajstić information content (AvgIpc) is 3.22. The van der Waals surface area contributed by atoms with Crippen molar-refractivity contribution in [3.8, 4) is 0 Å². The van der Waals surface area contributed by atoms with E-state index in [1.165, 1.54) is 16.9 Å². The van der Waals surface area contributed by atoms with Crippen LogP contribution in [0.25, 0.3) is 0 Å². The molecule has 1 N–H and O–H groups in total. The highest BCUT2D eigenvalue weighted by atomic mass is 79.9. The molecule has 3 rings (SSSR count). The Bertz CT molecular complexity index is 986. The number of aromatic nitrogens is 4. The molecule has 0 aliphatic heterocycles. The molecule has 0 bridgehead atoms. The molecule has 2 heterocycles. The van der Waals surface area contributed by atoms with E-state index in [1.807, 2.05) is 18.2 Å². The number of benzene rings is 1. The van der Waals surface area contributed by atoms with Crippen molar-refractivity contribution in [3.63, 3.8) is 0 Å². The fourth-order valence-corrected chi connectivity index (χ4v) is 2.96. The summed E-state index contributed by atoms with van der Waals surface area (Å²) in [4.78, 5) is 22.2. The summed E-state index contributed by atoms with van der Waals surface area (Å²) in [5.41, 5.74) is 0.910. The Kier molecular flexibility index (Phi) is 5.87. The lowest BCUT2D eigenvalue weighted by molar-refractivity contribution is -0.389. The van der Waals surface area contributed by atoms with E-state index in [2.05, 4.69) is 31.4 Å². The number of hydrogen-bond acceptors (Lipinski definition) is 5. The number of amides is 1. The maximum atomic E-state index is 12.1. The molecule has 0 fully saturated rings. The van der Waals surface area contributed by atoms with Gasteiger partial charge >= 0.3 is 5.82 Å². The maximum Gasteiger partial charge on any atom is 0.389 e.